The van der Waals surface area contributed by atoms with Crippen LogP contribution in [0, 0.1) is 28.6 Å². The molecule has 0 aromatic rings. The molecule has 2 heterocycles. The molecule has 188 valence electrons. The number of amides is 1. The summed E-state index contributed by atoms with van der Waals surface area (Å²) < 4.78 is 5.79. The minimum atomic E-state index is -0.787. The van der Waals surface area contributed by atoms with Crippen molar-refractivity contribution in [3.05, 3.63) is 0 Å². The van der Waals surface area contributed by atoms with Crippen LogP contribution < -0.4 is 27.4 Å². The highest BCUT2D eigenvalue weighted by atomic mass is 16.5. The number of hydrogen-bond donors (Lipinski definition) is 6. The van der Waals surface area contributed by atoms with Gasteiger partial charge < -0.3 is 37.3 Å². The maximum Gasteiger partial charge on any atom is 0.227 e. The quantitative estimate of drug-likeness (QED) is 0.280. The fraction of sp³-hybridized carbons (Fsp3) is 0.917. The Morgan fingerprint density at radius 2 is 2.00 bits per heavy atom. The van der Waals surface area contributed by atoms with Gasteiger partial charge >= 0.3 is 0 Å². The van der Waals surface area contributed by atoms with E-state index in [-0.39, 0.29) is 48.6 Å². The van der Waals surface area contributed by atoms with Gasteiger partial charge in [0.2, 0.25) is 5.91 Å². The maximum atomic E-state index is 13.6. The molecule has 3 rings (SSSR count). The SMILES string of the molecule is N#CCC1CCC2(CCCCC2)CC(C(C(=O)NC2CNCCC2OCCO)C(N)N)NC1. The number of carbonyl (C=O) groups excluding carboxylic acids is 1. The van der Waals surface area contributed by atoms with Gasteiger partial charge in [0.25, 0.3) is 0 Å². The van der Waals surface area contributed by atoms with Gasteiger partial charge in [0.15, 0.2) is 0 Å². The molecular weight excluding hydrogens is 420 g/mol. The molecule has 5 atom stereocenters. The second-order valence-electron chi connectivity index (χ2n) is 10.4. The number of piperidine rings is 1. The third-order valence-corrected chi connectivity index (χ3v) is 8.02. The molecule has 0 radical (unpaired) electrons. The zero-order valence-corrected chi connectivity index (χ0v) is 19.9. The average molecular weight is 465 g/mol. The first-order chi connectivity index (χ1) is 16.0. The number of rotatable bonds is 8. The molecule has 33 heavy (non-hydrogen) atoms. The lowest BCUT2D eigenvalue weighted by Gasteiger charge is -2.45. The number of carbonyl (C=O) groups is 1. The van der Waals surface area contributed by atoms with Crippen LogP contribution >= 0.6 is 0 Å². The van der Waals surface area contributed by atoms with Crippen molar-refractivity contribution in [1.82, 2.24) is 16.0 Å². The molecule has 1 spiro atoms. The van der Waals surface area contributed by atoms with Gasteiger partial charge in [-0.2, -0.15) is 5.26 Å². The first-order valence-corrected chi connectivity index (χ1v) is 12.8. The summed E-state index contributed by atoms with van der Waals surface area (Å²) in [7, 11) is 0. The van der Waals surface area contributed by atoms with Crippen molar-refractivity contribution in [2.45, 2.75) is 88.6 Å². The number of nitrogens with one attached hydrogen (secondary N) is 3. The van der Waals surface area contributed by atoms with Crippen molar-refractivity contribution in [2.24, 2.45) is 28.7 Å². The molecule has 8 N–H and O–H groups in total. The first kappa shape index (κ1) is 26.3. The van der Waals surface area contributed by atoms with Crippen LogP contribution in [0.2, 0.25) is 0 Å². The van der Waals surface area contributed by atoms with Crippen molar-refractivity contribution in [3.8, 4) is 6.07 Å². The normalized spacial score (nSPS) is 31.4. The van der Waals surface area contributed by atoms with Gasteiger partial charge in [0.05, 0.1) is 43.5 Å². The van der Waals surface area contributed by atoms with Gasteiger partial charge in [-0.25, -0.2) is 0 Å². The number of hydrogen-bond acceptors (Lipinski definition) is 8. The lowest BCUT2D eigenvalue weighted by atomic mass is 9.64. The predicted molar refractivity (Wildman–Crippen MR) is 127 cm³/mol. The minimum absolute atomic E-state index is 0.0428. The van der Waals surface area contributed by atoms with Crippen LogP contribution in [0.5, 0.6) is 0 Å². The van der Waals surface area contributed by atoms with Crippen LogP contribution in [0.3, 0.4) is 0 Å². The van der Waals surface area contributed by atoms with Crippen LogP contribution in [0.4, 0.5) is 0 Å². The number of aliphatic hydroxyl groups is 1. The van der Waals surface area contributed by atoms with E-state index in [2.05, 4.69) is 22.0 Å². The maximum absolute atomic E-state index is 13.6. The van der Waals surface area contributed by atoms with Crippen molar-refractivity contribution < 1.29 is 14.6 Å². The summed E-state index contributed by atoms with van der Waals surface area (Å²) in [5.74, 6) is -0.421. The summed E-state index contributed by atoms with van der Waals surface area (Å²) in [5, 5.41) is 28.5. The molecular formula is C24H44N6O3. The van der Waals surface area contributed by atoms with Gasteiger partial charge in [-0.05, 0) is 62.9 Å². The fourth-order valence-corrected chi connectivity index (χ4v) is 6.17. The third kappa shape index (κ3) is 7.35. The number of aliphatic hydroxyl groups excluding tert-OH is 1. The number of nitriles is 1. The Labute approximate surface area is 198 Å². The van der Waals surface area contributed by atoms with E-state index in [0.29, 0.717) is 19.5 Å². The van der Waals surface area contributed by atoms with Crippen LogP contribution in [0.25, 0.3) is 0 Å². The molecule has 0 aromatic carbocycles. The molecule has 0 aromatic heterocycles. The number of nitrogens with two attached hydrogens (primary N) is 2. The van der Waals surface area contributed by atoms with E-state index >= 15 is 0 Å². The van der Waals surface area contributed by atoms with Gasteiger partial charge in [0.1, 0.15) is 0 Å². The molecule has 2 aliphatic heterocycles. The lowest BCUT2D eigenvalue weighted by molar-refractivity contribution is -0.129. The van der Waals surface area contributed by atoms with Gasteiger partial charge in [0, 0.05) is 19.0 Å². The second kappa shape index (κ2) is 13.0. The minimum Gasteiger partial charge on any atom is -0.394 e. The predicted octanol–water partition coefficient (Wildman–Crippen LogP) is 0.324. The van der Waals surface area contributed by atoms with E-state index in [0.717, 1.165) is 32.2 Å². The Balaban J connectivity index is 1.75. The molecule has 3 fully saturated rings. The van der Waals surface area contributed by atoms with Crippen LogP contribution in [0.15, 0.2) is 0 Å². The van der Waals surface area contributed by atoms with Gasteiger partial charge in [-0.15, -0.1) is 0 Å². The summed E-state index contributed by atoms with van der Waals surface area (Å²) in [4.78, 5) is 13.6. The van der Waals surface area contributed by atoms with Crippen LogP contribution in [0.1, 0.15) is 64.2 Å². The summed E-state index contributed by atoms with van der Waals surface area (Å²) >= 11 is 0. The molecule has 9 heteroatoms. The van der Waals surface area contributed by atoms with Gasteiger partial charge in [-0.1, -0.05) is 19.3 Å². The highest BCUT2D eigenvalue weighted by Crippen LogP contribution is 2.46. The highest BCUT2D eigenvalue weighted by Gasteiger charge is 2.42. The zero-order chi connectivity index (χ0) is 23.7. The Bertz CT molecular complexity index is 649. The molecule has 1 amide bonds. The number of ether oxygens (including phenoxy) is 1. The zero-order valence-electron chi connectivity index (χ0n) is 19.9. The Morgan fingerprint density at radius 3 is 2.70 bits per heavy atom. The Hall–Kier alpha value is -1.28. The third-order valence-electron chi connectivity index (χ3n) is 8.02. The monoisotopic (exact) mass is 464 g/mol. The van der Waals surface area contributed by atoms with Crippen molar-refractivity contribution >= 4 is 5.91 Å². The smallest absolute Gasteiger partial charge is 0.227 e. The second-order valence-corrected chi connectivity index (χ2v) is 10.4. The summed E-state index contributed by atoms with van der Waals surface area (Å²) in [5.41, 5.74) is 12.7. The molecule has 3 aliphatic rings. The molecule has 2 saturated heterocycles. The van der Waals surface area contributed by atoms with E-state index < -0.39 is 12.1 Å². The van der Waals surface area contributed by atoms with E-state index in [9.17, 15) is 10.1 Å². The highest BCUT2D eigenvalue weighted by molar-refractivity contribution is 5.80. The molecule has 0 bridgehead atoms. The molecule has 1 aliphatic carbocycles. The topological polar surface area (TPSA) is 158 Å². The van der Waals surface area contributed by atoms with E-state index in [4.69, 9.17) is 21.3 Å². The summed E-state index contributed by atoms with van der Waals surface area (Å²) in [6, 6.07) is 2.02. The number of nitrogens with zero attached hydrogens (tertiary/aromatic N) is 1. The molecule has 1 saturated carbocycles. The first-order valence-electron chi connectivity index (χ1n) is 12.8. The molecule has 9 nitrogen and oxygen atoms in total. The van der Waals surface area contributed by atoms with Crippen molar-refractivity contribution in [1.29, 1.82) is 5.26 Å². The standard InChI is InChI=1S/C24H44N6O3/c25-10-5-17-4-9-24(7-2-1-3-8-24)14-18(29-15-17)21(22(26)27)23(32)30-19-16-28-11-6-20(19)33-13-12-31/h17-22,28-29,31H,1-9,11-16,26-27H2,(H,30,32). The Morgan fingerprint density at radius 1 is 1.21 bits per heavy atom. The largest absolute Gasteiger partial charge is 0.394 e. The fourth-order valence-electron chi connectivity index (χ4n) is 6.17. The van der Waals surface area contributed by atoms with E-state index in [1.54, 1.807) is 0 Å². The van der Waals surface area contributed by atoms with Crippen molar-refractivity contribution in [3.63, 3.8) is 0 Å². The van der Waals surface area contributed by atoms with Crippen LogP contribution in [-0.2, 0) is 9.53 Å². The van der Waals surface area contributed by atoms with E-state index in [1.807, 2.05) is 0 Å². The van der Waals surface area contributed by atoms with Gasteiger partial charge in [-0.3, -0.25) is 4.79 Å². The summed E-state index contributed by atoms with van der Waals surface area (Å²) in [6.07, 6.45) is 9.46. The Kier molecular flexibility index (Phi) is 10.4. The summed E-state index contributed by atoms with van der Waals surface area (Å²) in [6.45, 7) is 2.34. The lowest BCUT2D eigenvalue weighted by Crippen LogP contribution is -2.62. The molecule has 5 unspecified atom stereocenters. The van der Waals surface area contributed by atoms with E-state index in [1.165, 1.54) is 32.1 Å². The average Bonchev–Trinajstić information content (AvgIpc) is 2.79. The van der Waals surface area contributed by atoms with Crippen LogP contribution in [-0.4, -0.2) is 68.2 Å². The van der Waals surface area contributed by atoms with Crippen molar-refractivity contribution in [2.75, 3.05) is 32.8 Å².